The van der Waals surface area contributed by atoms with Crippen molar-refractivity contribution in [3.05, 3.63) is 51.5 Å². The van der Waals surface area contributed by atoms with Gasteiger partial charge in [0.15, 0.2) is 5.69 Å². The van der Waals surface area contributed by atoms with Crippen molar-refractivity contribution in [2.45, 2.75) is 6.42 Å². The van der Waals surface area contributed by atoms with Gasteiger partial charge in [0.25, 0.3) is 11.8 Å². The fraction of sp³-hybridized carbons (Fsp3) is 0.143. The first kappa shape index (κ1) is 12.5. The fourth-order valence-electron chi connectivity index (χ4n) is 2.13. The Hall–Kier alpha value is -2.52. The van der Waals surface area contributed by atoms with E-state index in [2.05, 4.69) is 4.98 Å². The maximum absolute atomic E-state index is 12.1. The minimum atomic E-state index is -0.261. The largest absolute Gasteiger partial charge is 0.274 e. The monoisotopic (exact) mass is 283 g/mol. The highest BCUT2D eigenvalue weighted by atomic mass is 32.1. The molecule has 0 fully saturated rings. The van der Waals surface area contributed by atoms with E-state index in [1.54, 1.807) is 29.6 Å². The first-order chi connectivity index (χ1) is 9.70. The van der Waals surface area contributed by atoms with Crippen molar-refractivity contribution in [1.82, 2.24) is 9.88 Å². The molecule has 2 heterocycles. The molecule has 1 aromatic carbocycles. The van der Waals surface area contributed by atoms with Crippen LogP contribution in [-0.4, -0.2) is 28.2 Å². The number of aromatic nitrogens is 1. The number of carbonyl (C=O) groups excluding carboxylic acids is 2. The molecule has 6 heteroatoms. The van der Waals surface area contributed by atoms with Gasteiger partial charge in [0.1, 0.15) is 6.07 Å². The molecule has 0 radical (unpaired) electrons. The van der Waals surface area contributed by atoms with Crippen LogP contribution in [0.25, 0.3) is 0 Å². The Morgan fingerprint density at radius 2 is 1.85 bits per heavy atom. The van der Waals surface area contributed by atoms with Crippen LogP contribution in [0.4, 0.5) is 0 Å². The molecule has 0 unspecified atom stereocenters. The molecule has 1 aromatic heterocycles. The number of nitrogens with zero attached hydrogens (tertiary/aromatic N) is 3. The summed E-state index contributed by atoms with van der Waals surface area (Å²) in [5, 5.41) is 11.1. The molecular formula is C14H9N3O2S. The second kappa shape index (κ2) is 4.87. The zero-order valence-corrected chi connectivity index (χ0v) is 11.2. The van der Waals surface area contributed by atoms with Crippen molar-refractivity contribution in [3.63, 3.8) is 0 Å². The third-order valence-corrected chi connectivity index (χ3v) is 4.00. The molecule has 0 bridgehead atoms. The average Bonchev–Trinajstić information content (AvgIpc) is 3.03. The van der Waals surface area contributed by atoms with Gasteiger partial charge in [-0.05, 0) is 12.1 Å². The predicted octanol–water partition coefficient (Wildman–Crippen LogP) is 1.85. The topological polar surface area (TPSA) is 74.1 Å². The second-order valence-electron chi connectivity index (χ2n) is 4.30. The SMILES string of the molecule is N#Cc1csc(CCN2C(=O)c3ccccc3C2=O)n1. The number of fused-ring (bicyclic) bond motifs is 1. The van der Waals surface area contributed by atoms with Crippen LogP contribution in [0.5, 0.6) is 0 Å². The quantitative estimate of drug-likeness (QED) is 0.806. The molecule has 2 aromatic rings. The number of thiazole rings is 1. The molecule has 5 nitrogen and oxygen atoms in total. The maximum atomic E-state index is 12.1. The Kier molecular flexibility index (Phi) is 3.05. The summed E-state index contributed by atoms with van der Waals surface area (Å²) in [6.07, 6.45) is 0.470. The van der Waals surface area contributed by atoms with Crippen LogP contribution in [0.2, 0.25) is 0 Å². The van der Waals surface area contributed by atoms with Crippen molar-refractivity contribution >= 4 is 23.2 Å². The molecule has 0 saturated heterocycles. The Labute approximate surface area is 119 Å². The van der Waals surface area contributed by atoms with Crippen molar-refractivity contribution in [2.24, 2.45) is 0 Å². The highest BCUT2D eigenvalue weighted by Gasteiger charge is 2.34. The van der Waals surface area contributed by atoms with E-state index in [9.17, 15) is 9.59 Å². The van der Waals surface area contributed by atoms with E-state index in [-0.39, 0.29) is 18.4 Å². The van der Waals surface area contributed by atoms with Crippen LogP contribution in [0.15, 0.2) is 29.6 Å². The Morgan fingerprint density at radius 3 is 2.40 bits per heavy atom. The highest BCUT2D eigenvalue weighted by molar-refractivity contribution is 7.09. The van der Waals surface area contributed by atoms with E-state index < -0.39 is 0 Å². The lowest BCUT2D eigenvalue weighted by atomic mass is 10.1. The Morgan fingerprint density at radius 1 is 1.20 bits per heavy atom. The van der Waals surface area contributed by atoms with Crippen molar-refractivity contribution in [2.75, 3.05) is 6.54 Å². The number of carbonyl (C=O) groups is 2. The zero-order chi connectivity index (χ0) is 14.1. The number of benzene rings is 1. The molecule has 20 heavy (non-hydrogen) atoms. The van der Waals surface area contributed by atoms with Gasteiger partial charge in [0.2, 0.25) is 0 Å². The van der Waals surface area contributed by atoms with E-state index in [0.717, 1.165) is 5.01 Å². The van der Waals surface area contributed by atoms with Crippen LogP contribution in [-0.2, 0) is 6.42 Å². The van der Waals surface area contributed by atoms with Gasteiger partial charge in [0, 0.05) is 18.3 Å². The molecule has 2 amide bonds. The van der Waals surface area contributed by atoms with E-state index in [0.29, 0.717) is 23.2 Å². The van der Waals surface area contributed by atoms with Crippen LogP contribution < -0.4 is 0 Å². The lowest BCUT2D eigenvalue weighted by Crippen LogP contribution is -2.31. The average molecular weight is 283 g/mol. The van der Waals surface area contributed by atoms with Gasteiger partial charge in [0.05, 0.1) is 16.1 Å². The summed E-state index contributed by atoms with van der Waals surface area (Å²) in [6.45, 7) is 0.282. The normalized spacial score (nSPS) is 13.4. The van der Waals surface area contributed by atoms with E-state index in [1.807, 2.05) is 6.07 Å². The number of rotatable bonds is 3. The minimum absolute atomic E-state index is 0.261. The third-order valence-electron chi connectivity index (χ3n) is 3.09. The minimum Gasteiger partial charge on any atom is -0.274 e. The molecule has 3 rings (SSSR count). The van der Waals surface area contributed by atoms with Crippen LogP contribution in [0.1, 0.15) is 31.4 Å². The van der Waals surface area contributed by atoms with E-state index in [4.69, 9.17) is 5.26 Å². The molecule has 1 aliphatic heterocycles. The van der Waals surface area contributed by atoms with Gasteiger partial charge in [-0.1, -0.05) is 12.1 Å². The first-order valence-electron chi connectivity index (χ1n) is 6.00. The molecule has 0 aliphatic carbocycles. The molecule has 0 N–H and O–H groups in total. The highest BCUT2D eigenvalue weighted by Crippen LogP contribution is 2.22. The molecule has 98 valence electrons. The summed E-state index contributed by atoms with van der Waals surface area (Å²) < 4.78 is 0. The standard InChI is InChI=1S/C14H9N3O2S/c15-7-9-8-20-12(16-9)5-6-17-13(18)10-3-1-2-4-11(10)14(17)19/h1-4,8H,5-6H2. The number of hydrogen-bond acceptors (Lipinski definition) is 5. The van der Waals surface area contributed by atoms with Gasteiger partial charge in [-0.2, -0.15) is 5.26 Å². The van der Waals surface area contributed by atoms with Crippen molar-refractivity contribution < 1.29 is 9.59 Å². The number of nitriles is 1. The zero-order valence-electron chi connectivity index (χ0n) is 10.4. The van der Waals surface area contributed by atoms with Crippen molar-refractivity contribution in [3.8, 4) is 6.07 Å². The summed E-state index contributed by atoms with van der Waals surface area (Å²) in [4.78, 5) is 29.6. The summed E-state index contributed by atoms with van der Waals surface area (Å²) in [6, 6.07) is 8.76. The molecule has 1 aliphatic rings. The van der Waals surface area contributed by atoms with Gasteiger partial charge >= 0.3 is 0 Å². The summed E-state index contributed by atoms with van der Waals surface area (Å²) in [5.74, 6) is -0.523. The van der Waals surface area contributed by atoms with Gasteiger partial charge in [-0.3, -0.25) is 14.5 Å². The Bertz CT molecular complexity index is 710. The predicted molar refractivity (Wildman–Crippen MR) is 72.3 cm³/mol. The second-order valence-corrected chi connectivity index (χ2v) is 5.24. The molecular weight excluding hydrogens is 274 g/mol. The summed E-state index contributed by atoms with van der Waals surface area (Å²) >= 11 is 1.36. The molecule has 0 saturated carbocycles. The first-order valence-corrected chi connectivity index (χ1v) is 6.88. The Balaban J connectivity index is 1.75. The van der Waals surface area contributed by atoms with Gasteiger partial charge in [-0.25, -0.2) is 4.98 Å². The summed E-state index contributed by atoms with van der Waals surface area (Å²) in [5.41, 5.74) is 1.27. The smallest absolute Gasteiger partial charge is 0.261 e. The third kappa shape index (κ3) is 1.98. The lowest BCUT2D eigenvalue weighted by Gasteiger charge is -2.12. The van der Waals surface area contributed by atoms with Crippen molar-refractivity contribution in [1.29, 1.82) is 5.26 Å². The van der Waals surface area contributed by atoms with Crippen LogP contribution in [0.3, 0.4) is 0 Å². The molecule has 0 spiro atoms. The van der Waals surface area contributed by atoms with Crippen LogP contribution in [0, 0.1) is 11.3 Å². The maximum Gasteiger partial charge on any atom is 0.261 e. The number of hydrogen-bond donors (Lipinski definition) is 0. The van der Waals surface area contributed by atoms with E-state index >= 15 is 0 Å². The molecule has 0 atom stereocenters. The lowest BCUT2D eigenvalue weighted by molar-refractivity contribution is 0.0656. The number of imide groups is 1. The van der Waals surface area contributed by atoms with Gasteiger partial charge < -0.3 is 0 Å². The fourth-order valence-corrected chi connectivity index (χ4v) is 2.84. The van der Waals surface area contributed by atoms with E-state index in [1.165, 1.54) is 16.2 Å². The van der Waals surface area contributed by atoms with Crippen LogP contribution >= 0.6 is 11.3 Å². The summed E-state index contributed by atoms with van der Waals surface area (Å²) in [7, 11) is 0. The van der Waals surface area contributed by atoms with Gasteiger partial charge in [-0.15, -0.1) is 11.3 Å². The number of amides is 2.